The number of thiophene rings is 1. The van der Waals surface area contributed by atoms with Crippen molar-refractivity contribution < 1.29 is 14.3 Å². The van der Waals surface area contributed by atoms with Gasteiger partial charge in [0.05, 0.1) is 0 Å². The van der Waals surface area contributed by atoms with Gasteiger partial charge in [-0.3, -0.25) is 4.79 Å². The third-order valence-corrected chi connectivity index (χ3v) is 3.71. The second kappa shape index (κ2) is 6.34. The molecule has 0 unspecified atom stereocenters. The zero-order valence-electron chi connectivity index (χ0n) is 11.3. The van der Waals surface area contributed by atoms with E-state index in [4.69, 9.17) is 4.74 Å². The van der Waals surface area contributed by atoms with Crippen LogP contribution in [0.25, 0.3) is 0 Å². The van der Waals surface area contributed by atoms with Crippen molar-refractivity contribution in [3.63, 3.8) is 0 Å². The average Bonchev–Trinajstić information content (AvgIpc) is 2.85. The number of carbonyl (C=O) groups excluding carboxylic acids is 2. The van der Waals surface area contributed by atoms with Crippen LogP contribution in [0.15, 0.2) is 35.7 Å². The Morgan fingerprint density at radius 2 is 1.85 bits per heavy atom. The Bertz CT molecular complexity index is 616. The number of hydrogen-bond donors (Lipinski definition) is 1. The number of benzene rings is 1. The molecule has 2 rings (SSSR count). The highest BCUT2D eigenvalue weighted by molar-refractivity contribution is 7.12. The van der Waals surface area contributed by atoms with Gasteiger partial charge in [-0.2, -0.15) is 0 Å². The van der Waals surface area contributed by atoms with E-state index in [1.807, 2.05) is 37.4 Å². The normalized spacial score (nSPS) is 10.1. The summed E-state index contributed by atoms with van der Waals surface area (Å²) in [6.07, 6.45) is 0. The van der Waals surface area contributed by atoms with Crippen molar-refractivity contribution in [2.75, 3.05) is 11.9 Å². The molecule has 0 aliphatic rings. The fourth-order valence-corrected chi connectivity index (χ4v) is 2.43. The molecule has 1 amide bonds. The van der Waals surface area contributed by atoms with E-state index in [2.05, 4.69) is 5.32 Å². The summed E-state index contributed by atoms with van der Waals surface area (Å²) in [5.74, 6) is -0.812. The van der Waals surface area contributed by atoms with E-state index in [1.165, 1.54) is 11.3 Å². The number of rotatable bonds is 4. The van der Waals surface area contributed by atoms with E-state index < -0.39 is 5.97 Å². The molecule has 0 radical (unpaired) electrons. The van der Waals surface area contributed by atoms with Crippen LogP contribution in [0.2, 0.25) is 0 Å². The predicted molar refractivity (Wildman–Crippen MR) is 79.1 cm³/mol. The van der Waals surface area contributed by atoms with Crippen molar-refractivity contribution in [1.29, 1.82) is 0 Å². The van der Waals surface area contributed by atoms with Crippen molar-refractivity contribution in [2.45, 2.75) is 13.8 Å². The minimum atomic E-state index is -0.462. The lowest BCUT2D eigenvalue weighted by atomic mass is 10.2. The fraction of sp³-hybridized carbons (Fsp3) is 0.200. The van der Waals surface area contributed by atoms with Gasteiger partial charge >= 0.3 is 5.97 Å². The predicted octanol–water partition coefficient (Wildman–Crippen LogP) is 3.16. The first kappa shape index (κ1) is 14.3. The average molecular weight is 289 g/mol. The highest BCUT2D eigenvalue weighted by Crippen LogP contribution is 2.16. The molecular formula is C15H15NO3S. The summed E-state index contributed by atoms with van der Waals surface area (Å²) in [5.41, 5.74) is 2.66. The maximum atomic E-state index is 11.7. The number of carbonyl (C=O) groups is 2. The van der Waals surface area contributed by atoms with Gasteiger partial charge in [0, 0.05) is 5.69 Å². The van der Waals surface area contributed by atoms with Crippen molar-refractivity contribution in [3.05, 3.63) is 51.7 Å². The third kappa shape index (κ3) is 3.68. The van der Waals surface area contributed by atoms with Crippen LogP contribution in [0.5, 0.6) is 0 Å². The van der Waals surface area contributed by atoms with Crippen LogP contribution in [-0.2, 0) is 9.53 Å². The van der Waals surface area contributed by atoms with Crippen LogP contribution in [0.1, 0.15) is 20.8 Å². The molecule has 0 saturated carbocycles. The molecule has 0 aliphatic heterocycles. The van der Waals surface area contributed by atoms with E-state index in [1.54, 1.807) is 12.1 Å². The first-order chi connectivity index (χ1) is 9.56. The zero-order valence-corrected chi connectivity index (χ0v) is 12.1. The first-order valence-electron chi connectivity index (χ1n) is 6.14. The molecule has 0 fully saturated rings. The first-order valence-corrected chi connectivity index (χ1v) is 7.02. The van der Waals surface area contributed by atoms with E-state index in [9.17, 15) is 9.59 Å². The van der Waals surface area contributed by atoms with Gasteiger partial charge in [-0.25, -0.2) is 4.79 Å². The van der Waals surface area contributed by atoms with Crippen molar-refractivity contribution in [3.8, 4) is 0 Å². The summed E-state index contributed by atoms with van der Waals surface area (Å²) in [4.78, 5) is 23.9. The Hall–Kier alpha value is -2.14. The van der Waals surface area contributed by atoms with Gasteiger partial charge in [0.2, 0.25) is 0 Å². The van der Waals surface area contributed by atoms with E-state index in [-0.39, 0.29) is 12.5 Å². The molecule has 5 heteroatoms. The Morgan fingerprint density at radius 3 is 2.45 bits per heavy atom. The van der Waals surface area contributed by atoms with Crippen LogP contribution in [0.4, 0.5) is 5.69 Å². The monoisotopic (exact) mass is 289 g/mol. The number of nitrogens with one attached hydrogen (secondary N) is 1. The lowest BCUT2D eigenvalue weighted by molar-refractivity contribution is -0.119. The van der Waals surface area contributed by atoms with Crippen molar-refractivity contribution in [2.24, 2.45) is 0 Å². The molecule has 20 heavy (non-hydrogen) atoms. The van der Waals surface area contributed by atoms with Crippen LogP contribution < -0.4 is 5.32 Å². The van der Waals surface area contributed by atoms with Gasteiger partial charge in [0.25, 0.3) is 5.91 Å². The minimum Gasteiger partial charge on any atom is -0.451 e. The Labute approximate surface area is 121 Å². The fourth-order valence-electron chi connectivity index (χ4n) is 1.61. The Balaban J connectivity index is 1.85. The zero-order chi connectivity index (χ0) is 14.5. The van der Waals surface area contributed by atoms with Gasteiger partial charge in [0.15, 0.2) is 6.61 Å². The SMILES string of the molecule is Cc1ccc(NC(=O)COC(=O)c2sccc2C)cc1. The quantitative estimate of drug-likeness (QED) is 0.880. The number of ether oxygens (including phenoxy) is 1. The highest BCUT2D eigenvalue weighted by Gasteiger charge is 2.13. The number of aryl methyl sites for hydroxylation is 2. The molecule has 104 valence electrons. The molecule has 0 saturated heterocycles. The van der Waals surface area contributed by atoms with Gasteiger partial charge in [0.1, 0.15) is 4.88 Å². The summed E-state index contributed by atoms with van der Waals surface area (Å²) in [6, 6.07) is 9.25. The second-order valence-corrected chi connectivity index (χ2v) is 5.34. The molecular weight excluding hydrogens is 274 g/mol. The van der Waals surface area contributed by atoms with Gasteiger partial charge in [-0.15, -0.1) is 11.3 Å². The van der Waals surface area contributed by atoms with E-state index in [0.29, 0.717) is 10.6 Å². The molecule has 0 atom stereocenters. The maximum absolute atomic E-state index is 11.7. The van der Waals surface area contributed by atoms with Gasteiger partial charge in [-0.05, 0) is 43.0 Å². The summed E-state index contributed by atoms with van der Waals surface area (Å²) in [5, 5.41) is 4.49. The maximum Gasteiger partial charge on any atom is 0.349 e. The molecule has 0 aliphatic carbocycles. The molecule has 1 aromatic heterocycles. The standard InChI is InChI=1S/C15H15NO3S/c1-10-3-5-12(6-4-10)16-13(17)9-19-15(18)14-11(2)7-8-20-14/h3-8H,9H2,1-2H3,(H,16,17). The number of amides is 1. The minimum absolute atomic E-state index is 0.288. The summed E-state index contributed by atoms with van der Waals surface area (Å²) >= 11 is 1.31. The van der Waals surface area contributed by atoms with Gasteiger partial charge < -0.3 is 10.1 Å². The molecule has 1 heterocycles. The largest absolute Gasteiger partial charge is 0.451 e. The van der Waals surface area contributed by atoms with Crippen molar-refractivity contribution in [1.82, 2.24) is 0 Å². The second-order valence-electron chi connectivity index (χ2n) is 4.42. The van der Waals surface area contributed by atoms with Crippen LogP contribution >= 0.6 is 11.3 Å². The van der Waals surface area contributed by atoms with Crippen LogP contribution in [0.3, 0.4) is 0 Å². The van der Waals surface area contributed by atoms with Crippen LogP contribution in [-0.4, -0.2) is 18.5 Å². The number of anilines is 1. The van der Waals surface area contributed by atoms with E-state index in [0.717, 1.165) is 11.1 Å². The Morgan fingerprint density at radius 1 is 1.15 bits per heavy atom. The summed E-state index contributed by atoms with van der Waals surface area (Å²) < 4.78 is 4.98. The summed E-state index contributed by atoms with van der Waals surface area (Å²) in [7, 11) is 0. The number of hydrogen-bond acceptors (Lipinski definition) is 4. The molecule has 4 nitrogen and oxygen atoms in total. The highest BCUT2D eigenvalue weighted by atomic mass is 32.1. The smallest absolute Gasteiger partial charge is 0.349 e. The molecule has 0 bridgehead atoms. The third-order valence-electron chi connectivity index (χ3n) is 2.72. The molecule has 2 aromatic rings. The lowest BCUT2D eigenvalue weighted by Gasteiger charge is -2.06. The Kier molecular flexibility index (Phi) is 4.53. The number of esters is 1. The molecule has 1 aromatic carbocycles. The van der Waals surface area contributed by atoms with E-state index >= 15 is 0 Å². The van der Waals surface area contributed by atoms with Gasteiger partial charge in [-0.1, -0.05) is 17.7 Å². The topological polar surface area (TPSA) is 55.4 Å². The van der Waals surface area contributed by atoms with Crippen LogP contribution in [0, 0.1) is 13.8 Å². The summed E-state index contributed by atoms with van der Waals surface area (Å²) in [6.45, 7) is 3.51. The molecule has 1 N–H and O–H groups in total. The lowest BCUT2D eigenvalue weighted by Crippen LogP contribution is -2.20. The van der Waals surface area contributed by atoms with Crippen molar-refractivity contribution >= 4 is 28.9 Å². The molecule has 0 spiro atoms.